The van der Waals surface area contributed by atoms with Crippen molar-refractivity contribution >= 4 is 44.9 Å². The Morgan fingerprint density at radius 2 is 1.96 bits per heavy atom. The van der Waals surface area contributed by atoms with Gasteiger partial charge in [-0.3, -0.25) is 9.78 Å². The molecule has 1 amide bonds. The van der Waals surface area contributed by atoms with Crippen LogP contribution in [0.4, 0.5) is 11.4 Å². The third kappa shape index (κ3) is 3.63. The molecule has 0 saturated carbocycles. The summed E-state index contributed by atoms with van der Waals surface area (Å²) in [5.41, 5.74) is 9.54. The van der Waals surface area contributed by atoms with Gasteiger partial charge in [-0.25, -0.2) is 0 Å². The molecule has 0 bridgehead atoms. The maximum absolute atomic E-state index is 12.4. The number of nitrogen functional groups attached to an aromatic ring is 1. The SMILES string of the molecule is N=Cc1cc(NC(=O)Cc2ccccn2)cc(-c2cc3ccccc3s2)c1N. The monoisotopic (exact) mass is 386 g/mol. The first-order valence-electron chi connectivity index (χ1n) is 8.77. The quantitative estimate of drug-likeness (QED) is 0.342. The molecule has 0 aliphatic heterocycles. The first-order valence-corrected chi connectivity index (χ1v) is 9.58. The number of aromatic nitrogens is 1. The van der Waals surface area contributed by atoms with Crippen molar-refractivity contribution in [1.29, 1.82) is 5.41 Å². The summed E-state index contributed by atoms with van der Waals surface area (Å²) in [7, 11) is 0. The number of carbonyl (C=O) groups is 1. The van der Waals surface area contributed by atoms with Crippen LogP contribution >= 0.6 is 11.3 Å². The topological polar surface area (TPSA) is 91.9 Å². The van der Waals surface area contributed by atoms with E-state index in [0.717, 1.165) is 20.5 Å². The second-order valence-electron chi connectivity index (χ2n) is 6.37. The van der Waals surface area contributed by atoms with Gasteiger partial charge in [-0.05, 0) is 41.8 Å². The van der Waals surface area contributed by atoms with E-state index < -0.39 is 0 Å². The lowest BCUT2D eigenvalue weighted by molar-refractivity contribution is -0.115. The number of hydrogen-bond donors (Lipinski definition) is 3. The zero-order valence-electron chi connectivity index (χ0n) is 15.0. The van der Waals surface area contributed by atoms with E-state index >= 15 is 0 Å². The van der Waals surface area contributed by atoms with Gasteiger partial charge in [0.25, 0.3) is 0 Å². The Morgan fingerprint density at radius 1 is 1.14 bits per heavy atom. The summed E-state index contributed by atoms with van der Waals surface area (Å²) in [6.45, 7) is 0. The molecular weight excluding hydrogens is 368 g/mol. The van der Waals surface area contributed by atoms with Gasteiger partial charge in [0, 0.05) is 50.2 Å². The maximum atomic E-state index is 12.4. The molecule has 0 aliphatic carbocycles. The molecule has 4 N–H and O–H groups in total. The number of fused-ring (bicyclic) bond motifs is 1. The Hall–Kier alpha value is -3.51. The first kappa shape index (κ1) is 17.9. The molecule has 28 heavy (non-hydrogen) atoms. The molecule has 0 spiro atoms. The Kier molecular flexibility index (Phi) is 4.87. The first-order chi connectivity index (χ1) is 13.6. The molecule has 0 atom stereocenters. The molecule has 2 aromatic carbocycles. The van der Waals surface area contributed by atoms with E-state index in [2.05, 4.69) is 28.5 Å². The number of nitrogens with two attached hydrogens (primary N) is 1. The van der Waals surface area contributed by atoms with Gasteiger partial charge < -0.3 is 16.5 Å². The molecule has 2 aromatic heterocycles. The highest BCUT2D eigenvalue weighted by molar-refractivity contribution is 7.22. The van der Waals surface area contributed by atoms with Crippen LogP contribution in [0.2, 0.25) is 0 Å². The van der Waals surface area contributed by atoms with E-state index in [9.17, 15) is 4.79 Å². The number of amides is 1. The third-order valence-corrected chi connectivity index (χ3v) is 5.56. The van der Waals surface area contributed by atoms with Crippen molar-refractivity contribution in [3.63, 3.8) is 0 Å². The van der Waals surface area contributed by atoms with Crippen LogP contribution in [-0.4, -0.2) is 17.1 Å². The van der Waals surface area contributed by atoms with Crippen LogP contribution in [0.5, 0.6) is 0 Å². The number of rotatable bonds is 5. The van der Waals surface area contributed by atoms with Crippen molar-refractivity contribution in [2.45, 2.75) is 6.42 Å². The van der Waals surface area contributed by atoms with Crippen LogP contribution in [0, 0.1) is 5.41 Å². The van der Waals surface area contributed by atoms with Crippen molar-refractivity contribution in [3.8, 4) is 10.4 Å². The number of carbonyl (C=O) groups excluding carboxylic acids is 1. The molecule has 0 aliphatic rings. The van der Waals surface area contributed by atoms with Crippen molar-refractivity contribution < 1.29 is 4.79 Å². The number of benzene rings is 2. The van der Waals surface area contributed by atoms with E-state index in [1.807, 2.05) is 36.4 Å². The smallest absolute Gasteiger partial charge is 0.230 e. The number of nitrogens with zero attached hydrogens (tertiary/aromatic N) is 1. The fraction of sp³-hybridized carbons (Fsp3) is 0.0455. The zero-order chi connectivity index (χ0) is 19.5. The van der Waals surface area contributed by atoms with Crippen LogP contribution in [0.3, 0.4) is 0 Å². The average molecular weight is 386 g/mol. The molecular formula is C22H18N4OS. The van der Waals surface area contributed by atoms with E-state index in [-0.39, 0.29) is 12.3 Å². The molecule has 138 valence electrons. The lowest BCUT2D eigenvalue weighted by atomic mass is 10.0. The van der Waals surface area contributed by atoms with E-state index in [0.29, 0.717) is 22.6 Å². The van der Waals surface area contributed by atoms with Gasteiger partial charge in [-0.2, -0.15) is 0 Å². The van der Waals surface area contributed by atoms with Crippen molar-refractivity contribution in [2.24, 2.45) is 0 Å². The average Bonchev–Trinajstić information content (AvgIpc) is 3.14. The van der Waals surface area contributed by atoms with Gasteiger partial charge in [-0.1, -0.05) is 24.3 Å². The van der Waals surface area contributed by atoms with E-state index in [4.69, 9.17) is 11.1 Å². The number of pyridine rings is 1. The number of nitrogens with one attached hydrogen (secondary N) is 2. The highest BCUT2D eigenvalue weighted by Gasteiger charge is 2.13. The summed E-state index contributed by atoms with van der Waals surface area (Å²) in [5.74, 6) is -0.165. The minimum Gasteiger partial charge on any atom is -0.398 e. The van der Waals surface area contributed by atoms with Gasteiger partial charge >= 0.3 is 0 Å². The molecule has 4 rings (SSSR count). The second kappa shape index (κ2) is 7.62. The van der Waals surface area contributed by atoms with Gasteiger partial charge in [0.1, 0.15) is 0 Å². The van der Waals surface area contributed by atoms with Crippen LogP contribution in [-0.2, 0) is 11.2 Å². The summed E-state index contributed by atoms with van der Waals surface area (Å²) in [6.07, 6.45) is 3.06. The standard InChI is InChI=1S/C22H18N4OS/c23-13-15-9-17(26-21(27)12-16-6-3-4-8-25-16)11-18(22(15)24)20-10-14-5-1-2-7-19(14)28-20/h1-11,13,23H,12,24H2,(H,26,27). The highest BCUT2D eigenvalue weighted by atomic mass is 32.1. The summed E-state index contributed by atoms with van der Waals surface area (Å²) in [4.78, 5) is 17.6. The summed E-state index contributed by atoms with van der Waals surface area (Å²) < 4.78 is 1.16. The molecule has 2 heterocycles. The number of hydrogen-bond acceptors (Lipinski definition) is 5. The van der Waals surface area contributed by atoms with Crippen LogP contribution in [0.15, 0.2) is 66.9 Å². The van der Waals surface area contributed by atoms with Crippen molar-refractivity contribution in [1.82, 2.24) is 4.98 Å². The van der Waals surface area contributed by atoms with Crippen LogP contribution in [0.25, 0.3) is 20.5 Å². The Balaban J connectivity index is 1.68. The van der Waals surface area contributed by atoms with Gasteiger partial charge in [0.15, 0.2) is 0 Å². The fourth-order valence-corrected chi connectivity index (χ4v) is 4.15. The van der Waals surface area contributed by atoms with Gasteiger partial charge in [0.2, 0.25) is 5.91 Å². The minimum atomic E-state index is -0.165. The number of thiophene rings is 1. The summed E-state index contributed by atoms with van der Waals surface area (Å²) >= 11 is 1.64. The molecule has 0 unspecified atom stereocenters. The zero-order valence-corrected chi connectivity index (χ0v) is 15.8. The second-order valence-corrected chi connectivity index (χ2v) is 7.45. The third-order valence-electron chi connectivity index (χ3n) is 4.41. The van der Waals surface area contributed by atoms with Gasteiger partial charge in [0.05, 0.1) is 6.42 Å². The largest absolute Gasteiger partial charge is 0.398 e. The summed E-state index contributed by atoms with van der Waals surface area (Å²) in [6, 6.07) is 19.3. The Bertz CT molecular complexity index is 1130. The molecule has 0 saturated heterocycles. The highest BCUT2D eigenvalue weighted by Crippen LogP contribution is 2.38. The van der Waals surface area contributed by atoms with E-state index in [1.54, 1.807) is 23.6 Å². The molecule has 0 radical (unpaired) electrons. The van der Waals surface area contributed by atoms with Gasteiger partial charge in [-0.15, -0.1) is 11.3 Å². The van der Waals surface area contributed by atoms with E-state index in [1.165, 1.54) is 6.21 Å². The number of anilines is 2. The molecule has 6 heteroatoms. The predicted molar refractivity (Wildman–Crippen MR) is 116 cm³/mol. The molecule has 0 fully saturated rings. The van der Waals surface area contributed by atoms with Crippen LogP contribution in [0.1, 0.15) is 11.3 Å². The van der Waals surface area contributed by atoms with Crippen molar-refractivity contribution in [2.75, 3.05) is 11.1 Å². The molecule has 5 nitrogen and oxygen atoms in total. The Morgan fingerprint density at radius 3 is 2.71 bits per heavy atom. The fourth-order valence-electron chi connectivity index (χ4n) is 3.06. The lowest BCUT2D eigenvalue weighted by Crippen LogP contribution is -2.15. The maximum Gasteiger partial charge on any atom is 0.230 e. The minimum absolute atomic E-state index is 0.165. The molecule has 4 aromatic rings. The summed E-state index contributed by atoms with van der Waals surface area (Å²) in [5, 5.41) is 11.7. The van der Waals surface area contributed by atoms with Crippen molar-refractivity contribution in [3.05, 3.63) is 78.1 Å². The Labute approximate surface area is 166 Å². The predicted octanol–water partition coefficient (Wildman–Crippen LogP) is 4.72. The lowest BCUT2D eigenvalue weighted by Gasteiger charge is -2.12. The van der Waals surface area contributed by atoms with Crippen LogP contribution < -0.4 is 11.1 Å². The normalized spacial score (nSPS) is 10.7.